The lowest BCUT2D eigenvalue weighted by molar-refractivity contribution is 0.00312. The molecule has 0 radical (unpaired) electrons. The van der Waals surface area contributed by atoms with E-state index in [0.29, 0.717) is 0 Å². The summed E-state index contributed by atoms with van der Waals surface area (Å²) in [5.74, 6) is 0. The average Bonchev–Trinajstić information content (AvgIpc) is 2.47. The molecule has 2 nitrogen and oxygen atoms in total. The number of halogens is 2. The fraction of sp³-hybridized carbons (Fsp3) is 0.111. The van der Waals surface area contributed by atoms with Gasteiger partial charge in [-0.2, -0.15) is 8.78 Å². The summed E-state index contributed by atoms with van der Waals surface area (Å²) in [4.78, 5) is 2.91. The van der Waals surface area contributed by atoms with Gasteiger partial charge in [0.2, 0.25) is 0 Å². The van der Waals surface area contributed by atoms with Crippen LogP contribution in [0.4, 0.5) is 8.78 Å². The largest absolute Gasteiger partial charge is 0.361 e. The van der Waals surface area contributed by atoms with E-state index >= 15 is 0 Å². The predicted molar refractivity (Wildman–Crippen MR) is 46.4 cm³/mol. The molecule has 0 unspecified atom stereocenters. The van der Waals surface area contributed by atoms with E-state index in [0.717, 1.165) is 10.9 Å². The number of nitrogens with two attached hydrogens (primary N) is 1. The van der Waals surface area contributed by atoms with Gasteiger partial charge in [0.25, 0.3) is 0 Å². The summed E-state index contributed by atoms with van der Waals surface area (Å²) in [7, 11) is 0. The molecule has 0 fully saturated rings. The van der Waals surface area contributed by atoms with Gasteiger partial charge in [-0.1, -0.05) is 0 Å². The zero-order chi connectivity index (χ0) is 9.47. The van der Waals surface area contributed by atoms with Crippen LogP contribution in [0.3, 0.4) is 0 Å². The van der Waals surface area contributed by atoms with Crippen LogP contribution in [0.25, 0.3) is 10.9 Å². The maximum atomic E-state index is 12.7. The second-order valence-electron chi connectivity index (χ2n) is 2.90. The third kappa shape index (κ3) is 1.40. The van der Waals surface area contributed by atoms with Crippen LogP contribution in [0.15, 0.2) is 30.5 Å². The number of hydrogen-bond acceptors (Lipinski definition) is 1. The fourth-order valence-corrected chi connectivity index (χ4v) is 1.26. The van der Waals surface area contributed by atoms with Crippen molar-refractivity contribution in [2.45, 2.75) is 6.05 Å². The van der Waals surface area contributed by atoms with Gasteiger partial charge in [0.1, 0.15) is 0 Å². The van der Waals surface area contributed by atoms with Crippen molar-refractivity contribution < 1.29 is 8.78 Å². The van der Waals surface area contributed by atoms with Gasteiger partial charge in [-0.15, -0.1) is 0 Å². The highest BCUT2D eigenvalue weighted by Gasteiger charge is 2.24. The molecule has 4 heteroatoms. The van der Waals surface area contributed by atoms with Gasteiger partial charge in [-0.25, -0.2) is 0 Å². The normalized spacial score (nSPS) is 12.2. The summed E-state index contributed by atoms with van der Waals surface area (Å²) >= 11 is 0. The van der Waals surface area contributed by atoms with Gasteiger partial charge in [0.15, 0.2) is 0 Å². The summed E-state index contributed by atoms with van der Waals surface area (Å²) < 4.78 is 25.3. The minimum absolute atomic E-state index is 0.167. The SMILES string of the molecule is NC(F)(F)c1ccc2[nH]ccc2c1. The molecule has 0 bridgehead atoms. The molecule has 0 saturated heterocycles. The smallest absolute Gasteiger partial charge is 0.326 e. The van der Waals surface area contributed by atoms with Crippen LogP contribution in [0, 0.1) is 0 Å². The molecule has 0 aliphatic heterocycles. The number of rotatable bonds is 1. The molecule has 0 aliphatic rings. The van der Waals surface area contributed by atoms with Gasteiger partial charge in [-0.05, 0) is 29.7 Å². The highest BCUT2D eigenvalue weighted by Crippen LogP contribution is 2.24. The number of benzene rings is 1. The Morgan fingerprint density at radius 3 is 2.69 bits per heavy atom. The Hall–Kier alpha value is -1.42. The summed E-state index contributed by atoms with van der Waals surface area (Å²) in [6.07, 6.45) is 1.70. The molecule has 1 aromatic carbocycles. The third-order valence-corrected chi connectivity index (χ3v) is 1.94. The maximum absolute atomic E-state index is 12.7. The van der Waals surface area contributed by atoms with Crippen molar-refractivity contribution in [3.63, 3.8) is 0 Å². The Morgan fingerprint density at radius 1 is 1.23 bits per heavy atom. The Morgan fingerprint density at radius 2 is 2.00 bits per heavy atom. The first-order chi connectivity index (χ1) is 6.07. The van der Waals surface area contributed by atoms with Crippen molar-refractivity contribution in [3.8, 4) is 0 Å². The first-order valence-electron chi connectivity index (χ1n) is 3.82. The highest BCUT2D eigenvalue weighted by atomic mass is 19.3. The second-order valence-corrected chi connectivity index (χ2v) is 2.90. The summed E-state index contributed by atoms with van der Waals surface area (Å²) in [6, 6.07) is 2.76. The topological polar surface area (TPSA) is 41.8 Å². The summed E-state index contributed by atoms with van der Waals surface area (Å²) in [6.45, 7) is 0. The van der Waals surface area contributed by atoms with E-state index < -0.39 is 6.05 Å². The molecule has 1 aromatic heterocycles. The van der Waals surface area contributed by atoms with Crippen molar-refractivity contribution in [1.29, 1.82) is 0 Å². The van der Waals surface area contributed by atoms with E-state index in [1.165, 1.54) is 12.1 Å². The van der Waals surface area contributed by atoms with Crippen molar-refractivity contribution in [2.75, 3.05) is 0 Å². The van der Waals surface area contributed by atoms with Crippen LogP contribution in [-0.2, 0) is 6.05 Å². The highest BCUT2D eigenvalue weighted by molar-refractivity contribution is 5.80. The Kier molecular flexibility index (Phi) is 1.60. The lowest BCUT2D eigenvalue weighted by atomic mass is 10.1. The number of alkyl halides is 2. The van der Waals surface area contributed by atoms with Gasteiger partial charge < -0.3 is 4.98 Å². The summed E-state index contributed by atoms with van der Waals surface area (Å²) in [5.41, 5.74) is 5.33. The Bertz CT molecular complexity index is 428. The van der Waals surface area contributed by atoms with Crippen LogP contribution >= 0.6 is 0 Å². The molecule has 0 saturated carbocycles. The lowest BCUT2D eigenvalue weighted by Gasteiger charge is -2.09. The number of H-pyrrole nitrogens is 1. The minimum Gasteiger partial charge on any atom is -0.361 e. The molecule has 0 spiro atoms. The van der Waals surface area contributed by atoms with Gasteiger partial charge in [0.05, 0.1) is 0 Å². The molecule has 3 N–H and O–H groups in total. The van der Waals surface area contributed by atoms with Crippen molar-refractivity contribution in [1.82, 2.24) is 4.98 Å². The number of aromatic amines is 1. The summed E-state index contributed by atoms with van der Waals surface area (Å²) in [5, 5.41) is 0.739. The zero-order valence-corrected chi connectivity index (χ0v) is 6.72. The minimum atomic E-state index is -3.26. The number of nitrogens with one attached hydrogen (secondary N) is 1. The fourth-order valence-electron chi connectivity index (χ4n) is 1.26. The Balaban J connectivity index is 2.61. The molecular formula is C9H8F2N2. The molecule has 2 aromatic rings. The van der Waals surface area contributed by atoms with Crippen LogP contribution in [0.2, 0.25) is 0 Å². The molecule has 0 atom stereocenters. The average molecular weight is 182 g/mol. The van der Waals surface area contributed by atoms with Gasteiger partial charge >= 0.3 is 6.05 Å². The predicted octanol–water partition coefficient (Wildman–Crippen LogP) is 2.18. The molecule has 13 heavy (non-hydrogen) atoms. The van der Waals surface area contributed by atoms with Crippen LogP contribution < -0.4 is 5.73 Å². The first-order valence-corrected chi connectivity index (χ1v) is 3.82. The van der Waals surface area contributed by atoms with E-state index in [4.69, 9.17) is 0 Å². The van der Waals surface area contributed by atoms with E-state index in [1.807, 2.05) is 0 Å². The van der Waals surface area contributed by atoms with Crippen molar-refractivity contribution >= 4 is 10.9 Å². The van der Waals surface area contributed by atoms with Crippen LogP contribution in [0.5, 0.6) is 0 Å². The Labute approximate surface area is 73.4 Å². The van der Waals surface area contributed by atoms with Crippen LogP contribution in [0.1, 0.15) is 5.56 Å². The monoisotopic (exact) mass is 182 g/mol. The van der Waals surface area contributed by atoms with E-state index in [9.17, 15) is 8.78 Å². The standard InChI is InChI=1S/C9H8F2N2/c10-9(11,12)7-1-2-8-6(5-7)3-4-13-8/h1-5,13H,12H2. The third-order valence-electron chi connectivity index (χ3n) is 1.94. The molecule has 0 aliphatic carbocycles. The first kappa shape index (κ1) is 8.19. The number of hydrogen-bond donors (Lipinski definition) is 2. The van der Waals surface area contributed by atoms with Crippen molar-refractivity contribution in [3.05, 3.63) is 36.0 Å². The van der Waals surface area contributed by atoms with Crippen molar-refractivity contribution in [2.24, 2.45) is 5.73 Å². The molecule has 1 heterocycles. The van der Waals surface area contributed by atoms with Crippen LogP contribution in [-0.4, -0.2) is 4.98 Å². The van der Waals surface area contributed by atoms with Gasteiger partial charge in [-0.3, -0.25) is 5.73 Å². The molecular weight excluding hydrogens is 174 g/mol. The van der Waals surface area contributed by atoms with Gasteiger partial charge in [0, 0.05) is 17.3 Å². The van der Waals surface area contributed by atoms with E-state index in [1.54, 1.807) is 18.3 Å². The zero-order valence-electron chi connectivity index (χ0n) is 6.72. The maximum Gasteiger partial charge on any atom is 0.326 e. The second kappa shape index (κ2) is 2.53. The molecule has 0 amide bonds. The molecule has 2 rings (SSSR count). The number of aromatic nitrogens is 1. The lowest BCUT2D eigenvalue weighted by Crippen LogP contribution is -2.24. The van der Waals surface area contributed by atoms with E-state index in [2.05, 4.69) is 10.7 Å². The number of fused-ring (bicyclic) bond motifs is 1. The quantitative estimate of drug-likeness (QED) is 0.652. The molecule has 68 valence electrons. The van der Waals surface area contributed by atoms with E-state index in [-0.39, 0.29) is 5.56 Å².